The zero-order valence-electron chi connectivity index (χ0n) is 7.01. The summed E-state index contributed by atoms with van der Waals surface area (Å²) >= 11 is 0. The van der Waals surface area contributed by atoms with Gasteiger partial charge in [0.2, 0.25) is 0 Å². The molecule has 2 nitrogen and oxygen atoms in total. The van der Waals surface area contributed by atoms with E-state index in [2.05, 4.69) is 12.3 Å². The van der Waals surface area contributed by atoms with Gasteiger partial charge in [0.05, 0.1) is 0 Å². The van der Waals surface area contributed by atoms with Crippen molar-refractivity contribution in [2.24, 2.45) is 5.73 Å². The van der Waals surface area contributed by atoms with Crippen LogP contribution in [0.4, 0.5) is 0 Å². The molecule has 0 saturated heterocycles. The van der Waals surface area contributed by atoms with Gasteiger partial charge >= 0.3 is 0 Å². The molecule has 0 atom stereocenters. The van der Waals surface area contributed by atoms with E-state index in [1.54, 1.807) is 0 Å². The third-order valence-electron chi connectivity index (χ3n) is 1.23. The van der Waals surface area contributed by atoms with Gasteiger partial charge in [-0.1, -0.05) is 6.08 Å². The van der Waals surface area contributed by atoms with Gasteiger partial charge in [0.1, 0.15) is 0 Å². The minimum Gasteiger partial charge on any atom is -0.384 e. The lowest BCUT2D eigenvalue weighted by atomic mass is 10.2. The highest BCUT2D eigenvalue weighted by atomic mass is 15.0. The molecule has 0 aromatic heterocycles. The van der Waals surface area contributed by atoms with E-state index in [1.165, 1.54) is 6.42 Å². The molecule has 0 saturated carbocycles. The molecular weight excluding hydrogens is 124 g/mol. The van der Waals surface area contributed by atoms with Crippen molar-refractivity contribution in [3.05, 3.63) is 12.3 Å². The second-order valence-electron chi connectivity index (χ2n) is 2.63. The van der Waals surface area contributed by atoms with E-state index in [-0.39, 0.29) is 0 Å². The molecule has 0 heterocycles. The highest BCUT2D eigenvalue weighted by Crippen LogP contribution is 1.94. The van der Waals surface area contributed by atoms with E-state index < -0.39 is 0 Å². The lowest BCUT2D eigenvalue weighted by Crippen LogP contribution is -2.00. The number of hydrogen-bond donors (Lipinski definition) is 1. The Hall–Kier alpha value is -0.500. The van der Waals surface area contributed by atoms with Gasteiger partial charge < -0.3 is 10.6 Å². The summed E-state index contributed by atoms with van der Waals surface area (Å²) in [6, 6.07) is 0. The Morgan fingerprint density at radius 2 is 2.00 bits per heavy atom. The molecule has 0 bridgehead atoms. The molecule has 0 rings (SSSR count). The van der Waals surface area contributed by atoms with Crippen molar-refractivity contribution >= 4 is 0 Å². The van der Waals surface area contributed by atoms with Gasteiger partial charge in [-0.25, -0.2) is 0 Å². The fraction of sp³-hybridized carbons (Fsp3) is 0.750. The number of hydrogen-bond acceptors (Lipinski definition) is 2. The van der Waals surface area contributed by atoms with Crippen molar-refractivity contribution in [3.63, 3.8) is 0 Å². The van der Waals surface area contributed by atoms with Gasteiger partial charge in [-0.05, 0) is 32.0 Å². The highest BCUT2D eigenvalue weighted by Gasteiger charge is 1.81. The molecule has 0 amide bonds. The molecule has 2 heteroatoms. The second-order valence-corrected chi connectivity index (χ2v) is 2.63. The summed E-state index contributed by atoms with van der Waals surface area (Å²) in [4.78, 5) is 2.04. The Morgan fingerprint density at radius 3 is 2.50 bits per heavy atom. The smallest absolute Gasteiger partial charge is 0.00555 e. The predicted molar refractivity (Wildman–Crippen MR) is 45.7 cm³/mol. The lowest BCUT2D eigenvalue weighted by Gasteiger charge is -2.02. The minimum atomic E-state index is 0.815. The third kappa shape index (κ3) is 7.50. The SMILES string of the molecule is CN(C)C=CCCCCN. The van der Waals surface area contributed by atoms with Gasteiger partial charge in [-0.15, -0.1) is 0 Å². The molecule has 0 aliphatic carbocycles. The maximum atomic E-state index is 5.34. The molecule has 0 aromatic carbocycles. The molecule has 0 unspecified atom stereocenters. The summed E-state index contributed by atoms with van der Waals surface area (Å²) in [5.74, 6) is 0. The molecule has 0 spiro atoms. The first-order valence-corrected chi connectivity index (χ1v) is 3.80. The Balaban J connectivity index is 3.02. The second kappa shape index (κ2) is 6.62. The number of nitrogens with zero attached hydrogens (tertiary/aromatic N) is 1. The molecule has 0 aromatic rings. The van der Waals surface area contributed by atoms with Gasteiger partial charge in [0, 0.05) is 14.1 Å². The normalized spacial score (nSPS) is 10.7. The molecule has 2 N–H and O–H groups in total. The summed E-state index contributed by atoms with van der Waals surface area (Å²) < 4.78 is 0. The van der Waals surface area contributed by atoms with Crippen LogP contribution in [0.3, 0.4) is 0 Å². The Bertz CT molecular complexity index is 87.3. The minimum absolute atomic E-state index is 0.815. The summed E-state index contributed by atoms with van der Waals surface area (Å²) in [6.07, 6.45) is 7.75. The first kappa shape index (κ1) is 9.50. The van der Waals surface area contributed by atoms with E-state index in [4.69, 9.17) is 5.73 Å². The zero-order valence-corrected chi connectivity index (χ0v) is 7.01. The van der Waals surface area contributed by atoms with Crippen molar-refractivity contribution in [2.45, 2.75) is 19.3 Å². The Kier molecular flexibility index (Phi) is 6.29. The quantitative estimate of drug-likeness (QED) is 0.584. The average molecular weight is 142 g/mol. The van der Waals surface area contributed by atoms with Crippen LogP contribution in [-0.4, -0.2) is 25.5 Å². The molecule has 0 radical (unpaired) electrons. The van der Waals surface area contributed by atoms with E-state index in [1.807, 2.05) is 19.0 Å². The van der Waals surface area contributed by atoms with Gasteiger partial charge in [-0.3, -0.25) is 0 Å². The first-order chi connectivity index (χ1) is 4.77. The van der Waals surface area contributed by atoms with Crippen molar-refractivity contribution in [2.75, 3.05) is 20.6 Å². The van der Waals surface area contributed by atoms with Crippen LogP contribution in [0.5, 0.6) is 0 Å². The maximum absolute atomic E-state index is 5.34. The molecule has 0 fully saturated rings. The van der Waals surface area contributed by atoms with Crippen LogP contribution >= 0.6 is 0 Å². The van der Waals surface area contributed by atoms with Crippen molar-refractivity contribution in [1.82, 2.24) is 4.90 Å². The largest absolute Gasteiger partial charge is 0.384 e. The molecule has 10 heavy (non-hydrogen) atoms. The van der Waals surface area contributed by atoms with E-state index in [0.717, 1.165) is 19.4 Å². The Labute approximate surface area is 63.7 Å². The summed E-state index contributed by atoms with van der Waals surface area (Å²) in [5.41, 5.74) is 5.34. The van der Waals surface area contributed by atoms with E-state index in [0.29, 0.717) is 0 Å². The summed E-state index contributed by atoms with van der Waals surface area (Å²) in [5, 5.41) is 0. The fourth-order valence-corrected chi connectivity index (χ4v) is 0.692. The van der Waals surface area contributed by atoms with Crippen molar-refractivity contribution in [3.8, 4) is 0 Å². The van der Waals surface area contributed by atoms with Crippen LogP contribution in [0.15, 0.2) is 12.3 Å². The maximum Gasteiger partial charge on any atom is 0.00555 e. The summed E-state index contributed by atoms with van der Waals surface area (Å²) in [6.45, 7) is 0.815. The van der Waals surface area contributed by atoms with Gasteiger partial charge in [-0.2, -0.15) is 0 Å². The van der Waals surface area contributed by atoms with Crippen LogP contribution in [-0.2, 0) is 0 Å². The topological polar surface area (TPSA) is 29.3 Å². The van der Waals surface area contributed by atoms with E-state index in [9.17, 15) is 0 Å². The molecule has 60 valence electrons. The third-order valence-corrected chi connectivity index (χ3v) is 1.23. The van der Waals surface area contributed by atoms with Crippen LogP contribution in [0, 0.1) is 0 Å². The highest BCUT2D eigenvalue weighted by molar-refractivity contribution is 4.78. The predicted octanol–water partition coefficient (Wildman–Crippen LogP) is 1.19. The number of rotatable bonds is 5. The summed E-state index contributed by atoms with van der Waals surface area (Å²) in [7, 11) is 4.05. The van der Waals surface area contributed by atoms with E-state index >= 15 is 0 Å². The van der Waals surface area contributed by atoms with Crippen molar-refractivity contribution < 1.29 is 0 Å². The van der Waals surface area contributed by atoms with Crippen LogP contribution < -0.4 is 5.73 Å². The molecule has 0 aliphatic rings. The first-order valence-electron chi connectivity index (χ1n) is 3.80. The zero-order chi connectivity index (χ0) is 7.82. The standard InChI is InChI=1S/C8H18N2/c1-10(2)8-6-4-3-5-7-9/h6,8H,3-5,7,9H2,1-2H3. The molecule has 0 aliphatic heterocycles. The van der Waals surface area contributed by atoms with Crippen LogP contribution in [0.1, 0.15) is 19.3 Å². The van der Waals surface area contributed by atoms with Crippen molar-refractivity contribution in [1.29, 1.82) is 0 Å². The average Bonchev–Trinajstić information content (AvgIpc) is 1.87. The fourth-order valence-electron chi connectivity index (χ4n) is 0.692. The van der Waals surface area contributed by atoms with Crippen LogP contribution in [0.25, 0.3) is 0 Å². The number of unbranched alkanes of at least 4 members (excludes halogenated alkanes) is 2. The number of nitrogens with two attached hydrogens (primary N) is 1. The van der Waals surface area contributed by atoms with Gasteiger partial charge in [0.25, 0.3) is 0 Å². The Morgan fingerprint density at radius 1 is 1.30 bits per heavy atom. The number of allylic oxidation sites excluding steroid dienone is 1. The molecular formula is C8H18N2. The van der Waals surface area contributed by atoms with Crippen LogP contribution in [0.2, 0.25) is 0 Å². The monoisotopic (exact) mass is 142 g/mol. The lowest BCUT2D eigenvalue weighted by molar-refractivity contribution is 0.559. The van der Waals surface area contributed by atoms with Gasteiger partial charge in [0.15, 0.2) is 0 Å².